The number of fused-ring (bicyclic) bond motifs is 1. The average Bonchev–Trinajstić information content (AvgIpc) is 3.01. The van der Waals surface area contributed by atoms with E-state index in [1.807, 2.05) is 49.4 Å². The summed E-state index contributed by atoms with van der Waals surface area (Å²) in [5.41, 5.74) is 10.2. The van der Waals surface area contributed by atoms with Crippen molar-refractivity contribution in [1.29, 1.82) is 0 Å². The number of aromatic nitrogens is 1. The topological polar surface area (TPSA) is 83.3 Å². The summed E-state index contributed by atoms with van der Waals surface area (Å²) >= 11 is 1.59. The number of nitrogens with zero attached hydrogens (tertiary/aromatic N) is 1. The molecule has 2 heterocycles. The number of benzene rings is 2. The Labute approximate surface area is 162 Å². The van der Waals surface area contributed by atoms with Crippen LogP contribution in [0.5, 0.6) is 0 Å². The lowest BCUT2D eigenvalue weighted by Crippen LogP contribution is -2.28. The Kier molecular flexibility index (Phi) is 4.44. The molecule has 4 N–H and O–H groups in total. The van der Waals surface area contributed by atoms with E-state index in [-0.39, 0.29) is 11.4 Å². The van der Waals surface area contributed by atoms with Crippen LogP contribution in [0.15, 0.2) is 53.5 Å². The molecule has 1 atom stereocenters. The quantitative estimate of drug-likeness (QED) is 0.632. The van der Waals surface area contributed by atoms with E-state index in [2.05, 4.69) is 28.3 Å². The summed E-state index contributed by atoms with van der Waals surface area (Å²) in [4.78, 5) is 20.5. The Morgan fingerprint density at radius 1 is 1.22 bits per heavy atom. The van der Waals surface area contributed by atoms with Crippen molar-refractivity contribution < 1.29 is 4.79 Å². The fraction of sp³-hybridized carbons (Fsp3) is 0.238. The van der Waals surface area contributed by atoms with Crippen molar-refractivity contribution in [3.8, 4) is 0 Å². The summed E-state index contributed by atoms with van der Waals surface area (Å²) in [6, 6.07) is 15.6. The number of nitrogens with two attached hydrogens (primary N) is 1. The van der Waals surface area contributed by atoms with Crippen LogP contribution in [0.2, 0.25) is 0 Å². The van der Waals surface area contributed by atoms with Crippen LogP contribution < -0.4 is 11.1 Å². The first-order chi connectivity index (χ1) is 12.9. The highest BCUT2D eigenvalue weighted by molar-refractivity contribution is 8.13. The van der Waals surface area contributed by atoms with Gasteiger partial charge in [0.25, 0.3) is 5.91 Å². The van der Waals surface area contributed by atoms with E-state index < -0.39 is 0 Å². The smallest absolute Gasteiger partial charge is 0.255 e. The number of aryl methyl sites for hydroxylation is 1. The first-order valence-corrected chi connectivity index (χ1v) is 9.91. The fourth-order valence-corrected chi connectivity index (χ4v) is 4.41. The van der Waals surface area contributed by atoms with Gasteiger partial charge in [0.15, 0.2) is 5.17 Å². The third kappa shape index (κ3) is 3.57. The summed E-state index contributed by atoms with van der Waals surface area (Å²) in [6.07, 6.45) is 0.931. The first kappa shape index (κ1) is 17.7. The van der Waals surface area contributed by atoms with Gasteiger partial charge in [0.2, 0.25) is 0 Å². The molecule has 6 heteroatoms. The number of aliphatic imine (C=N–C) groups is 1. The lowest BCUT2D eigenvalue weighted by atomic mass is 9.89. The maximum atomic E-state index is 12.6. The van der Waals surface area contributed by atoms with Gasteiger partial charge in [-0.1, -0.05) is 23.9 Å². The molecule has 2 aromatic carbocycles. The predicted octanol–water partition coefficient (Wildman–Crippen LogP) is 4.40. The molecule has 4 rings (SSSR count). The summed E-state index contributed by atoms with van der Waals surface area (Å²) in [6.45, 7) is 4.10. The number of amides is 1. The Morgan fingerprint density at radius 3 is 2.74 bits per heavy atom. The maximum absolute atomic E-state index is 12.6. The van der Waals surface area contributed by atoms with Crippen molar-refractivity contribution in [2.75, 3.05) is 11.1 Å². The number of carbonyl (C=O) groups is 1. The summed E-state index contributed by atoms with van der Waals surface area (Å²) in [5, 5.41) is 4.68. The minimum Gasteiger partial charge on any atom is -0.379 e. The highest BCUT2D eigenvalue weighted by atomic mass is 32.2. The van der Waals surface area contributed by atoms with Crippen molar-refractivity contribution in [3.63, 3.8) is 0 Å². The summed E-state index contributed by atoms with van der Waals surface area (Å²) < 4.78 is 0. The number of thioether (sulfide) groups is 1. The Balaban J connectivity index is 1.52. The van der Waals surface area contributed by atoms with Crippen LogP contribution in [0.3, 0.4) is 0 Å². The van der Waals surface area contributed by atoms with Crippen LogP contribution in [0.25, 0.3) is 10.9 Å². The number of hydrogen-bond acceptors (Lipinski definition) is 4. The van der Waals surface area contributed by atoms with E-state index >= 15 is 0 Å². The molecule has 0 radical (unpaired) electrons. The van der Waals surface area contributed by atoms with E-state index in [1.165, 1.54) is 0 Å². The molecule has 1 unspecified atom stereocenters. The zero-order valence-corrected chi connectivity index (χ0v) is 16.2. The molecular formula is C21H22N4OS. The Morgan fingerprint density at radius 2 is 2.00 bits per heavy atom. The van der Waals surface area contributed by atoms with Crippen LogP contribution >= 0.6 is 11.8 Å². The standard InChI is InChI=1S/C21H22N4OS/c1-13-11-15-12-17(7-8-18(15)23-13)24-19(26)14-3-5-16(6-4-14)21(2)9-10-27-20(22)25-21/h3-8,11-12,23H,9-10H2,1-2H3,(H2,22,25)(H,24,26). The lowest BCUT2D eigenvalue weighted by molar-refractivity contribution is 0.102. The zero-order valence-electron chi connectivity index (χ0n) is 15.4. The molecule has 1 aliphatic rings. The highest BCUT2D eigenvalue weighted by Crippen LogP contribution is 2.35. The van der Waals surface area contributed by atoms with Gasteiger partial charge in [0.1, 0.15) is 0 Å². The number of aromatic amines is 1. The summed E-state index contributed by atoms with van der Waals surface area (Å²) in [5.74, 6) is 0.829. The van der Waals surface area contributed by atoms with Crippen molar-refractivity contribution >= 4 is 39.4 Å². The minimum absolute atomic E-state index is 0.125. The second-order valence-electron chi connectivity index (χ2n) is 7.11. The van der Waals surface area contributed by atoms with E-state index in [9.17, 15) is 4.79 Å². The number of amidine groups is 1. The van der Waals surface area contributed by atoms with Crippen LogP contribution in [0, 0.1) is 6.92 Å². The van der Waals surface area contributed by atoms with Gasteiger partial charge >= 0.3 is 0 Å². The van der Waals surface area contributed by atoms with Crippen molar-refractivity contribution in [1.82, 2.24) is 4.98 Å². The van der Waals surface area contributed by atoms with Crippen molar-refractivity contribution in [3.05, 3.63) is 65.4 Å². The predicted molar refractivity (Wildman–Crippen MR) is 113 cm³/mol. The number of hydrogen-bond donors (Lipinski definition) is 3. The fourth-order valence-electron chi connectivity index (χ4n) is 3.43. The van der Waals surface area contributed by atoms with E-state index in [0.717, 1.165) is 40.0 Å². The first-order valence-electron chi connectivity index (χ1n) is 8.92. The van der Waals surface area contributed by atoms with Crippen molar-refractivity contribution in [2.45, 2.75) is 25.8 Å². The van der Waals surface area contributed by atoms with Gasteiger partial charge in [-0.2, -0.15) is 0 Å². The SMILES string of the molecule is Cc1cc2cc(NC(=O)c3ccc(C4(C)CCSC(N)=N4)cc3)ccc2[nH]1. The van der Waals surface area contributed by atoms with Gasteiger partial charge in [0, 0.05) is 33.6 Å². The third-order valence-corrected chi connectivity index (χ3v) is 5.77. The molecule has 0 saturated carbocycles. The van der Waals surface area contributed by atoms with Crippen LogP contribution in [0.1, 0.15) is 35.0 Å². The molecule has 1 aliphatic heterocycles. The average molecular weight is 379 g/mol. The number of anilines is 1. The highest BCUT2D eigenvalue weighted by Gasteiger charge is 2.29. The van der Waals surface area contributed by atoms with E-state index in [0.29, 0.717) is 10.7 Å². The molecule has 1 aromatic heterocycles. The van der Waals surface area contributed by atoms with Gasteiger partial charge < -0.3 is 16.0 Å². The molecule has 0 spiro atoms. The van der Waals surface area contributed by atoms with Crippen LogP contribution in [0.4, 0.5) is 5.69 Å². The molecule has 27 heavy (non-hydrogen) atoms. The maximum Gasteiger partial charge on any atom is 0.255 e. The molecule has 0 aliphatic carbocycles. The van der Waals surface area contributed by atoms with E-state index in [4.69, 9.17) is 5.73 Å². The summed E-state index contributed by atoms with van der Waals surface area (Å²) in [7, 11) is 0. The Bertz CT molecular complexity index is 1040. The lowest BCUT2D eigenvalue weighted by Gasteiger charge is -2.29. The molecule has 1 amide bonds. The molecule has 0 saturated heterocycles. The number of nitrogens with one attached hydrogen (secondary N) is 2. The molecule has 0 fully saturated rings. The number of rotatable bonds is 3. The second kappa shape index (κ2) is 6.78. The molecule has 3 aromatic rings. The molecule has 5 nitrogen and oxygen atoms in total. The zero-order chi connectivity index (χ0) is 19.0. The largest absolute Gasteiger partial charge is 0.379 e. The normalized spacial score (nSPS) is 19.7. The number of H-pyrrole nitrogens is 1. The van der Waals surface area contributed by atoms with Crippen LogP contribution in [-0.2, 0) is 5.54 Å². The Hall–Kier alpha value is -2.73. The second-order valence-corrected chi connectivity index (χ2v) is 8.22. The van der Waals surface area contributed by atoms with Crippen LogP contribution in [-0.4, -0.2) is 21.8 Å². The number of carbonyl (C=O) groups excluding carboxylic acids is 1. The van der Waals surface area contributed by atoms with Gasteiger partial charge in [-0.15, -0.1) is 0 Å². The van der Waals surface area contributed by atoms with Crippen molar-refractivity contribution in [2.24, 2.45) is 10.7 Å². The monoisotopic (exact) mass is 378 g/mol. The van der Waals surface area contributed by atoms with E-state index in [1.54, 1.807) is 11.8 Å². The minimum atomic E-state index is -0.318. The molecule has 0 bridgehead atoms. The molecular weight excluding hydrogens is 356 g/mol. The third-order valence-electron chi connectivity index (χ3n) is 4.98. The van der Waals surface area contributed by atoms with Gasteiger partial charge in [-0.25, -0.2) is 0 Å². The van der Waals surface area contributed by atoms with Gasteiger partial charge in [-0.05, 0) is 62.2 Å². The molecule has 138 valence electrons. The van der Waals surface area contributed by atoms with Gasteiger partial charge in [0.05, 0.1) is 5.54 Å². The van der Waals surface area contributed by atoms with Gasteiger partial charge in [-0.3, -0.25) is 9.79 Å².